The Morgan fingerprint density at radius 3 is 2.44 bits per heavy atom. The van der Waals surface area contributed by atoms with Gasteiger partial charge in [-0.1, -0.05) is 53.2 Å². The van der Waals surface area contributed by atoms with Gasteiger partial charge in [0.1, 0.15) is 5.75 Å². The zero-order valence-electron chi connectivity index (χ0n) is 18.6. The number of nitrogens with zero attached hydrogens (tertiary/aromatic N) is 4. The predicted octanol–water partition coefficient (Wildman–Crippen LogP) is 5.15. The minimum absolute atomic E-state index is 0.125. The van der Waals surface area contributed by atoms with Crippen molar-refractivity contribution in [1.82, 2.24) is 20.2 Å². The molecule has 1 amide bonds. The summed E-state index contributed by atoms with van der Waals surface area (Å²) < 4.78 is 7.05. The van der Waals surface area contributed by atoms with Crippen molar-refractivity contribution in [3.63, 3.8) is 0 Å². The second-order valence-electron chi connectivity index (χ2n) is 7.34. The molecule has 0 radical (unpaired) electrons. The highest BCUT2D eigenvalue weighted by atomic mass is 35.5. The van der Waals surface area contributed by atoms with Crippen LogP contribution in [0, 0.1) is 6.92 Å². The lowest BCUT2D eigenvalue weighted by atomic mass is 10.1. The SMILES string of the molecule is COc1ccc(/C=N\NC(=O)CSc2nnc(-c3ccc(C)cc3)n2-c2ccc(Cl)cc2)cc1. The van der Waals surface area contributed by atoms with Crippen LogP contribution in [0.5, 0.6) is 5.75 Å². The van der Waals surface area contributed by atoms with Crippen LogP contribution in [-0.4, -0.2) is 39.7 Å². The van der Waals surface area contributed by atoms with Crippen LogP contribution in [0.15, 0.2) is 83.1 Å². The van der Waals surface area contributed by atoms with Crippen molar-refractivity contribution in [3.8, 4) is 22.8 Å². The van der Waals surface area contributed by atoms with Crippen molar-refractivity contribution in [3.05, 3.63) is 88.9 Å². The molecular formula is C25H22ClN5O2S. The number of thioether (sulfide) groups is 1. The summed E-state index contributed by atoms with van der Waals surface area (Å²) in [4.78, 5) is 12.4. The third-order valence-corrected chi connectivity index (χ3v) is 6.06. The van der Waals surface area contributed by atoms with E-state index in [0.29, 0.717) is 16.0 Å². The van der Waals surface area contributed by atoms with E-state index >= 15 is 0 Å². The molecular weight excluding hydrogens is 470 g/mol. The number of aromatic nitrogens is 3. The molecule has 1 aromatic heterocycles. The van der Waals surface area contributed by atoms with Gasteiger partial charge in [-0.2, -0.15) is 5.10 Å². The number of methoxy groups -OCH3 is 1. The Morgan fingerprint density at radius 2 is 1.76 bits per heavy atom. The third-order valence-electron chi connectivity index (χ3n) is 4.88. The van der Waals surface area contributed by atoms with E-state index in [-0.39, 0.29) is 11.7 Å². The highest BCUT2D eigenvalue weighted by Gasteiger charge is 2.17. The van der Waals surface area contributed by atoms with Crippen LogP contribution < -0.4 is 10.2 Å². The van der Waals surface area contributed by atoms with Crippen molar-refractivity contribution in [2.75, 3.05) is 12.9 Å². The Labute approximate surface area is 206 Å². The maximum atomic E-state index is 12.4. The van der Waals surface area contributed by atoms with E-state index in [2.05, 4.69) is 20.7 Å². The van der Waals surface area contributed by atoms with Crippen molar-refractivity contribution in [2.45, 2.75) is 12.1 Å². The summed E-state index contributed by atoms with van der Waals surface area (Å²) in [6, 6.07) is 22.8. The number of hydrogen-bond acceptors (Lipinski definition) is 6. The molecule has 0 aliphatic heterocycles. The van der Waals surface area contributed by atoms with Gasteiger partial charge in [-0.3, -0.25) is 9.36 Å². The fraction of sp³-hybridized carbons (Fsp3) is 0.120. The van der Waals surface area contributed by atoms with Crippen molar-refractivity contribution >= 4 is 35.5 Å². The average molecular weight is 492 g/mol. The molecule has 0 atom stereocenters. The lowest BCUT2D eigenvalue weighted by molar-refractivity contribution is -0.118. The molecule has 0 saturated carbocycles. The maximum absolute atomic E-state index is 12.4. The molecule has 172 valence electrons. The fourth-order valence-corrected chi connectivity index (χ4v) is 3.98. The molecule has 0 saturated heterocycles. The first-order valence-corrected chi connectivity index (χ1v) is 11.8. The molecule has 1 heterocycles. The normalized spacial score (nSPS) is 11.0. The van der Waals surface area contributed by atoms with E-state index < -0.39 is 0 Å². The van der Waals surface area contributed by atoms with Crippen LogP contribution in [-0.2, 0) is 4.79 Å². The van der Waals surface area contributed by atoms with Gasteiger partial charge in [0.25, 0.3) is 5.91 Å². The van der Waals surface area contributed by atoms with Gasteiger partial charge in [0.05, 0.1) is 19.1 Å². The highest BCUT2D eigenvalue weighted by molar-refractivity contribution is 7.99. The molecule has 0 fully saturated rings. The first-order valence-electron chi connectivity index (χ1n) is 10.4. The number of ether oxygens (including phenoxy) is 1. The smallest absolute Gasteiger partial charge is 0.250 e. The quantitative estimate of drug-likeness (QED) is 0.209. The minimum Gasteiger partial charge on any atom is -0.497 e. The number of nitrogens with one attached hydrogen (secondary N) is 1. The van der Waals surface area contributed by atoms with Crippen LogP contribution in [0.3, 0.4) is 0 Å². The van der Waals surface area contributed by atoms with E-state index in [4.69, 9.17) is 16.3 Å². The number of hydrazone groups is 1. The largest absolute Gasteiger partial charge is 0.497 e. The molecule has 0 aliphatic rings. The number of carbonyl (C=O) groups is 1. The van der Waals surface area contributed by atoms with E-state index in [1.54, 1.807) is 13.3 Å². The van der Waals surface area contributed by atoms with Crippen molar-refractivity contribution in [2.24, 2.45) is 5.10 Å². The van der Waals surface area contributed by atoms with Crippen molar-refractivity contribution in [1.29, 1.82) is 0 Å². The molecule has 0 spiro atoms. The zero-order chi connectivity index (χ0) is 23.9. The summed E-state index contributed by atoms with van der Waals surface area (Å²) in [5.41, 5.74) is 6.32. The number of aryl methyl sites for hydroxylation is 1. The van der Waals surface area contributed by atoms with Crippen LogP contribution >= 0.6 is 23.4 Å². The standard InChI is InChI=1S/C25H22ClN5O2S/c1-17-3-7-19(8-4-17)24-29-30-25(31(24)21-11-9-20(26)10-12-21)34-16-23(32)28-27-15-18-5-13-22(33-2)14-6-18/h3-15H,16H2,1-2H3,(H,28,32)/b27-15-. The monoisotopic (exact) mass is 491 g/mol. The number of amides is 1. The van der Waals surface area contributed by atoms with Gasteiger partial charge in [0.15, 0.2) is 11.0 Å². The summed E-state index contributed by atoms with van der Waals surface area (Å²) in [6.07, 6.45) is 1.58. The van der Waals surface area contributed by atoms with Crippen LogP contribution in [0.2, 0.25) is 5.02 Å². The van der Waals surface area contributed by atoms with E-state index in [1.165, 1.54) is 11.8 Å². The van der Waals surface area contributed by atoms with Gasteiger partial charge in [0, 0.05) is 16.3 Å². The number of benzene rings is 3. The maximum Gasteiger partial charge on any atom is 0.250 e. The van der Waals surface area contributed by atoms with Crippen LogP contribution in [0.25, 0.3) is 17.1 Å². The molecule has 9 heteroatoms. The predicted molar refractivity (Wildman–Crippen MR) is 136 cm³/mol. The first-order chi connectivity index (χ1) is 16.5. The Kier molecular flexibility index (Phi) is 7.61. The van der Waals surface area contributed by atoms with Gasteiger partial charge < -0.3 is 4.74 Å². The van der Waals surface area contributed by atoms with E-state index in [0.717, 1.165) is 28.1 Å². The average Bonchev–Trinajstić information content (AvgIpc) is 3.28. The molecule has 4 rings (SSSR count). The zero-order valence-corrected chi connectivity index (χ0v) is 20.2. The Morgan fingerprint density at radius 1 is 1.06 bits per heavy atom. The number of halogens is 1. The van der Waals surface area contributed by atoms with Gasteiger partial charge >= 0.3 is 0 Å². The Hall–Kier alpha value is -3.62. The molecule has 3 aromatic carbocycles. The lowest BCUT2D eigenvalue weighted by Crippen LogP contribution is -2.20. The van der Waals surface area contributed by atoms with E-state index in [9.17, 15) is 4.79 Å². The second kappa shape index (κ2) is 11.0. The first kappa shape index (κ1) is 23.5. The van der Waals surface area contributed by atoms with Gasteiger partial charge in [-0.05, 0) is 61.0 Å². The molecule has 0 unspecified atom stereocenters. The van der Waals surface area contributed by atoms with Gasteiger partial charge in [-0.25, -0.2) is 5.43 Å². The number of hydrogen-bond donors (Lipinski definition) is 1. The number of rotatable bonds is 8. The van der Waals surface area contributed by atoms with Crippen LogP contribution in [0.4, 0.5) is 0 Å². The van der Waals surface area contributed by atoms with Gasteiger partial charge in [-0.15, -0.1) is 10.2 Å². The molecule has 34 heavy (non-hydrogen) atoms. The lowest BCUT2D eigenvalue weighted by Gasteiger charge is -2.10. The summed E-state index contributed by atoms with van der Waals surface area (Å²) in [5.74, 6) is 1.31. The molecule has 0 bridgehead atoms. The van der Waals surface area contributed by atoms with E-state index in [1.807, 2.05) is 84.3 Å². The summed E-state index contributed by atoms with van der Waals surface area (Å²) in [6.45, 7) is 2.03. The topological polar surface area (TPSA) is 81.4 Å². The fourth-order valence-electron chi connectivity index (χ4n) is 3.11. The Bertz CT molecular complexity index is 1290. The summed E-state index contributed by atoms with van der Waals surface area (Å²) in [7, 11) is 1.61. The number of carbonyl (C=O) groups excluding carboxylic acids is 1. The molecule has 0 aliphatic carbocycles. The summed E-state index contributed by atoms with van der Waals surface area (Å²) >= 11 is 7.36. The third kappa shape index (κ3) is 5.84. The summed E-state index contributed by atoms with van der Waals surface area (Å²) in [5, 5.41) is 14.0. The highest BCUT2D eigenvalue weighted by Crippen LogP contribution is 2.28. The van der Waals surface area contributed by atoms with Crippen LogP contribution in [0.1, 0.15) is 11.1 Å². The molecule has 1 N–H and O–H groups in total. The molecule has 4 aromatic rings. The minimum atomic E-state index is -0.252. The Balaban J connectivity index is 1.48. The van der Waals surface area contributed by atoms with Gasteiger partial charge in [0.2, 0.25) is 0 Å². The van der Waals surface area contributed by atoms with Crippen molar-refractivity contribution < 1.29 is 9.53 Å². The second-order valence-corrected chi connectivity index (χ2v) is 8.72. The molecule has 7 nitrogen and oxygen atoms in total.